The van der Waals surface area contributed by atoms with E-state index in [1.807, 2.05) is 0 Å². The first-order valence-electron chi connectivity index (χ1n) is 7.13. The van der Waals surface area contributed by atoms with Gasteiger partial charge in [-0.25, -0.2) is 0 Å². The van der Waals surface area contributed by atoms with Crippen molar-refractivity contribution in [3.8, 4) is 17.2 Å². The van der Waals surface area contributed by atoms with Crippen LogP contribution in [0.15, 0.2) is 23.2 Å². The number of hydrogen-bond donors (Lipinski definition) is 3. The average Bonchev–Trinajstić information content (AvgIpc) is 2.83. The van der Waals surface area contributed by atoms with E-state index in [0.717, 1.165) is 13.0 Å². The Bertz CT molecular complexity index is 902. The molecule has 7 nitrogen and oxygen atoms in total. The maximum Gasteiger partial charge on any atom is 0.185 e. The number of rotatable bonds is 2. The number of aliphatic hydroxyl groups excluding tert-OH is 1. The molecule has 0 saturated carbocycles. The van der Waals surface area contributed by atoms with Gasteiger partial charge in [0.25, 0.3) is 0 Å². The molecular weight excluding hydrogens is 316 g/mol. The molecular formula is C17H14O7. The highest BCUT2D eigenvalue weighted by atomic mass is 16.5. The van der Waals surface area contributed by atoms with Crippen molar-refractivity contribution in [2.75, 3.05) is 0 Å². The topological polar surface area (TPSA) is 121 Å². The summed E-state index contributed by atoms with van der Waals surface area (Å²) in [6.07, 6.45) is 1.11. The molecule has 0 aromatic heterocycles. The van der Waals surface area contributed by atoms with Crippen LogP contribution in [-0.2, 0) is 9.59 Å². The van der Waals surface area contributed by atoms with Gasteiger partial charge in [-0.05, 0) is 20.8 Å². The molecule has 0 spiro atoms. The number of ketones is 3. The number of phenolic OH excluding ortho intramolecular Hbond substituents is 2. The number of aliphatic hydroxyl groups is 1. The van der Waals surface area contributed by atoms with Crippen LogP contribution in [0.4, 0.5) is 0 Å². The van der Waals surface area contributed by atoms with Crippen LogP contribution < -0.4 is 4.74 Å². The van der Waals surface area contributed by atoms with Crippen molar-refractivity contribution in [3.63, 3.8) is 0 Å². The van der Waals surface area contributed by atoms with E-state index in [1.54, 1.807) is 0 Å². The van der Waals surface area contributed by atoms with E-state index in [-0.39, 0.29) is 28.2 Å². The third-order valence-electron chi connectivity index (χ3n) is 4.21. The second-order valence-electron chi connectivity index (χ2n) is 5.76. The lowest BCUT2D eigenvalue weighted by Gasteiger charge is -2.18. The Hall–Kier alpha value is -3.09. The summed E-state index contributed by atoms with van der Waals surface area (Å²) in [7, 11) is 0. The van der Waals surface area contributed by atoms with E-state index < -0.39 is 46.1 Å². The minimum atomic E-state index is -1.15. The van der Waals surface area contributed by atoms with Gasteiger partial charge in [-0.1, -0.05) is 0 Å². The lowest BCUT2D eigenvalue weighted by Crippen LogP contribution is -2.24. The summed E-state index contributed by atoms with van der Waals surface area (Å²) in [5.41, 5.74) is -0.514. The molecule has 1 aromatic carbocycles. The van der Waals surface area contributed by atoms with Gasteiger partial charge in [0, 0.05) is 11.6 Å². The standard InChI is InChI=1S/C17H14O7/c1-5-14(21)11(7(3)19)17-13(15(5)22)12-9(24-17)4-8(20)10(6(2)18)16(12)23/h4,12,20-22H,1-3H3. The van der Waals surface area contributed by atoms with Gasteiger partial charge in [0.05, 0.1) is 5.56 Å². The summed E-state index contributed by atoms with van der Waals surface area (Å²) in [6, 6.07) is 0. The molecule has 3 rings (SSSR count). The van der Waals surface area contributed by atoms with Gasteiger partial charge in [0.1, 0.15) is 45.8 Å². The number of phenols is 2. The van der Waals surface area contributed by atoms with Crippen LogP contribution in [0.1, 0.15) is 41.3 Å². The van der Waals surface area contributed by atoms with E-state index >= 15 is 0 Å². The molecule has 0 saturated heterocycles. The zero-order valence-corrected chi connectivity index (χ0v) is 13.1. The molecule has 3 N–H and O–H groups in total. The number of carbonyl (C=O) groups is 3. The highest BCUT2D eigenvalue weighted by Crippen LogP contribution is 2.54. The van der Waals surface area contributed by atoms with Crippen LogP contribution in [0.2, 0.25) is 0 Å². The van der Waals surface area contributed by atoms with Gasteiger partial charge in [-0.3, -0.25) is 14.4 Å². The highest BCUT2D eigenvalue weighted by Gasteiger charge is 2.46. The molecule has 1 heterocycles. The number of ether oxygens (including phenoxy) is 1. The SMILES string of the molecule is CC(=O)C1=C(O)C=C2Oc3c(C(C)=O)c(O)c(C)c(O)c3C2C1=O. The van der Waals surface area contributed by atoms with Crippen LogP contribution in [0.3, 0.4) is 0 Å². The lowest BCUT2D eigenvalue weighted by atomic mass is 9.82. The van der Waals surface area contributed by atoms with Gasteiger partial charge in [0.15, 0.2) is 17.3 Å². The summed E-state index contributed by atoms with van der Waals surface area (Å²) in [6.45, 7) is 3.75. The minimum absolute atomic E-state index is 0.0120. The normalized spacial score (nSPS) is 18.7. The molecule has 24 heavy (non-hydrogen) atoms. The summed E-state index contributed by atoms with van der Waals surface area (Å²) >= 11 is 0. The third-order valence-corrected chi connectivity index (χ3v) is 4.21. The van der Waals surface area contributed by atoms with Gasteiger partial charge in [-0.2, -0.15) is 0 Å². The molecule has 2 aliphatic rings. The van der Waals surface area contributed by atoms with Crippen molar-refractivity contribution in [2.24, 2.45) is 0 Å². The number of aromatic hydroxyl groups is 2. The van der Waals surface area contributed by atoms with Crippen LogP contribution in [0, 0.1) is 6.92 Å². The predicted octanol–water partition coefficient (Wildman–Crippen LogP) is 1.95. The molecule has 1 aromatic rings. The number of Topliss-reactive ketones (excluding diaryl/α,β-unsaturated/α-hetero) is 3. The molecule has 7 heteroatoms. The van der Waals surface area contributed by atoms with Crippen LogP contribution in [-0.4, -0.2) is 32.7 Å². The third kappa shape index (κ3) is 1.87. The van der Waals surface area contributed by atoms with Crippen molar-refractivity contribution in [1.82, 2.24) is 0 Å². The Morgan fingerprint density at radius 3 is 2.25 bits per heavy atom. The maximum atomic E-state index is 12.6. The molecule has 1 unspecified atom stereocenters. The number of allylic oxidation sites excluding steroid dienone is 3. The quantitative estimate of drug-likeness (QED) is 0.559. The van der Waals surface area contributed by atoms with Gasteiger partial charge >= 0.3 is 0 Å². The molecule has 0 amide bonds. The molecule has 0 bridgehead atoms. The summed E-state index contributed by atoms with van der Waals surface area (Å²) in [5, 5.41) is 30.4. The van der Waals surface area contributed by atoms with E-state index in [2.05, 4.69) is 0 Å². The Kier molecular flexibility index (Phi) is 3.26. The first-order chi connectivity index (χ1) is 11.2. The van der Waals surface area contributed by atoms with E-state index in [9.17, 15) is 29.7 Å². The fourth-order valence-corrected chi connectivity index (χ4v) is 3.08. The van der Waals surface area contributed by atoms with Crippen molar-refractivity contribution in [2.45, 2.75) is 26.7 Å². The molecule has 1 atom stereocenters. The molecule has 124 valence electrons. The van der Waals surface area contributed by atoms with Crippen LogP contribution in [0.25, 0.3) is 0 Å². The zero-order valence-electron chi connectivity index (χ0n) is 13.1. The van der Waals surface area contributed by atoms with E-state index in [4.69, 9.17) is 4.74 Å². The van der Waals surface area contributed by atoms with Crippen molar-refractivity contribution < 1.29 is 34.4 Å². The first kappa shape index (κ1) is 15.8. The van der Waals surface area contributed by atoms with Crippen molar-refractivity contribution >= 4 is 17.3 Å². The van der Waals surface area contributed by atoms with Crippen LogP contribution in [0.5, 0.6) is 17.2 Å². The summed E-state index contributed by atoms with van der Waals surface area (Å²) < 4.78 is 5.48. The Labute approximate surface area is 136 Å². The summed E-state index contributed by atoms with van der Waals surface area (Å²) in [5.74, 6) is -4.51. The lowest BCUT2D eigenvalue weighted by molar-refractivity contribution is -0.121. The first-order valence-corrected chi connectivity index (χ1v) is 7.13. The predicted molar refractivity (Wildman–Crippen MR) is 81.3 cm³/mol. The minimum Gasteiger partial charge on any atom is -0.507 e. The van der Waals surface area contributed by atoms with Gasteiger partial charge < -0.3 is 20.1 Å². The number of carbonyl (C=O) groups excluding carboxylic acids is 3. The van der Waals surface area contributed by atoms with Gasteiger partial charge in [0.2, 0.25) is 0 Å². The smallest absolute Gasteiger partial charge is 0.185 e. The van der Waals surface area contributed by atoms with Crippen molar-refractivity contribution in [3.05, 3.63) is 39.9 Å². The van der Waals surface area contributed by atoms with Crippen molar-refractivity contribution in [1.29, 1.82) is 0 Å². The van der Waals surface area contributed by atoms with E-state index in [1.165, 1.54) is 13.8 Å². The second kappa shape index (κ2) is 4.95. The molecule has 1 aliphatic heterocycles. The summed E-state index contributed by atoms with van der Waals surface area (Å²) in [4.78, 5) is 36.1. The number of benzene rings is 1. The van der Waals surface area contributed by atoms with E-state index in [0.29, 0.717) is 0 Å². The molecule has 0 radical (unpaired) electrons. The fraction of sp³-hybridized carbons (Fsp3) is 0.235. The monoisotopic (exact) mass is 330 g/mol. The number of fused-ring (bicyclic) bond motifs is 3. The average molecular weight is 330 g/mol. The molecule has 1 aliphatic carbocycles. The zero-order chi connectivity index (χ0) is 17.9. The Morgan fingerprint density at radius 2 is 1.71 bits per heavy atom. The maximum absolute atomic E-state index is 12.6. The molecule has 0 fully saturated rings. The highest BCUT2D eigenvalue weighted by molar-refractivity contribution is 6.24. The number of hydrogen-bond acceptors (Lipinski definition) is 7. The Balaban J connectivity index is 2.33. The Morgan fingerprint density at radius 1 is 1.08 bits per heavy atom. The van der Waals surface area contributed by atoms with Crippen LogP contribution >= 0.6 is 0 Å². The largest absolute Gasteiger partial charge is 0.507 e. The second-order valence-corrected chi connectivity index (χ2v) is 5.76. The van der Waals surface area contributed by atoms with Gasteiger partial charge in [-0.15, -0.1) is 0 Å². The fourth-order valence-electron chi connectivity index (χ4n) is 3.08.